The molecule has 0 saturated heterocycles. The number of rotatable bonds is 11. The summed E-state index contributed by atoms with van der Waals surface area (Å²) in [6, 6.07) is 3.31. The van der Waals surface area contributed by atoms with Crippen molar-refractivity contribution < 1.29 is 24.5 Å². The molecule has 1 aliphatic carbocycles. The highest BCUT2D eigenvalue weighted by Crippen LogP contribution is 2.34. The number of aromatic nitrogens is 1. The fourth-order valence-electron chi connectivity index (χ4n) is 3.94. The van der Waals surface area contributed by atoms with E-state index in [2.05, 4.69) is 22.8 Å². The van der Waals surface area contributed by atoms with Gasteiger partial charge in [0.2, 0.25) is 5.91 Å². The first kappa shape index (κ1) is 23.5. The van der Waals surface area contributed by atoms with Gasteiger partial charge in [0.15, 0.2) is 0 Å². The number of hydrogen-bond acceptors (Lipinski definition) is 6. The molecule has 0 aromatic carbocycles. The van der Waals surface area contributed by atoms with Crippen molar-refractivity contribution in [1.29, 1.82) is 0 Å². The van der Waals surface area contributed by atoms with Gasteiger partial charge in [0, 0.05) is 25.3 Å². The molecule has 0 spiro atoms. The maximum atomic E-state index is 12.1. The van der Waals surface area contributed by atoms with E-state index in [0.717, 1.165) is 56.6 Å². The van der Waals surface area contributed by atoms with Crippen LogP contribution in [0.1, 0.15) is 57.2 Å². The van der Waals surface area contributed by atoms with E-state index in [4.69, 9.17) is 9.72 Å². The third-order valence-electron chi connectivity index (χ3n) is 6.33. The second-order valence-electron chi connectivity index (χ2n) is 9.40. The topological polar surface area (TPSA) is 121 Å². The predicted molar refractivity (Wildman–Crippen MR) is 117 cm³/mol. The molecule has 8 heteroatoms. The average Bonchev–Trinajstić information content (AvgIpc) is 2.73. The van der Waals surface area contributed by atoms with Crippen molar-refractivity contribution in [3.63, 3.8) is 0 Å². The highest BCUT2D eigenvalue weighted by molar-refractivity contribution is 5.87. The van der Waals surface area contributed by atoms with Crippen LogP contribution in [0.4, 0.5) is 5.82 Å². The van der Waals surface area contributed by atoms with E-state index in [0.29, 0.717) is 5.92 Å². The zero-order chi connectivity index (χ0) is 22.4. The predicted octanol–water partition coefficient (Wildman–Crippen LogP) is 2.15. The highest BCUT2D eigenvalue weighted by Gasteiger charge is 2.32. The zero-order valence-electron chi connectivity index (χ0n) is 18.5. The molecular weight excluding hydrogens is 398 g/mol. The van der Waals surface area contributed by atoms with Gasteiger partial charge in [0.05, 0.1) is 18.1 Å². The number of aliphatic hydroxyl groups excluding tert-OH is 1. The summed E-state index contributed by atoms with van der Waals surface area (Å²) in [5.41, 5.74) is 1.42. The number of pyridine rings is 1. The lowest BCUT2D eigenvalue weighted by molar-refractivity contribution is -0.145. The van der Waals surface area contributed by atoms with E-state index in [1.54, 1.807) is 13.8 Å². The highest BCUT2D eigenvalue weighted by atomic mass is 16.5. The Morgan fingerprint density at radius 2 is 2.13 bits per heavy atom. The number of fused-ring (bicyclic) bond motifs is 1. The van der Waals surface area contributed by atoms with Crippen LogP contribution in [0.15, 0.2) is 12.1 Å². The number of amides is 1. The smallest absolute Gasteiger partial charge is 0.326 e. The lowest BCUT2D eigenvalue weighted by Crippen LogP contribution is -2.48. The molecule has 1 aromatic rings. The van der Waals surface area contributed by atoms with E-state index in [1.807, 2.05) is 0 Å². The first-order valence-electron chi connectivity index (χ1n) is 11.3. The number of ether oxygens (including phenoxy) is 1. The monoisotopic (exact) mass is 433 g/mol. The number of aliphatic carboxylic acids is 1. The van der Waals surface area contributed by atoms with Crippen LogP contribution in [0, 0.1) is 11.3 Å². The van der Waals surface area contributed by atoms with Crippen LogP contribution < -0.4 is 10.6 Å². The van der Waals surface area contributed by atoms with Gasteiger partial charge in [0.25, 0.3) is 0 Å². The van der Waals surface area contributed by atoms with Crippen molar-refractivity contribution in [2.75, 3.05) is 25.1 Å². The van der Waals surface area contributed by atoms with E-state index in [9.17, 15) is 19.8 Å². The minimum Gasteiger partial charge on any atom is -0.480 e. The number of carboxylic acids is 1. The van der Waals surface area contributed by atoms with Crippen LogP contribution in [0.25, 0.3) is 0 Å². The molecular formula is C23H35N3O5. The van der Waals surface area contributed by atoms with Gasteiger partial charge in [-0.3, -0.25) is 4.79 Å². The Hall–Kier alpha value is -2.19. The third-order valence-corrected chi connectivity index (χ3v) is 6.33. The normalized spacial score (nSPS) is 21.4. The Labute approximate surface area is 183 Å². The van der Waals surface area contributed by atoms with Gasteiger partial charge in [-0.15, -0.1) is 0 Å². The van der Waals surface area contributed by atoms with E-state index >= 15 is 0 Å². The van der Waals surface area contributed by atoms with Crippen molar-refractivity contribution in [2.24, 2.45) is 11.3 Å². The van der Waals surface area contributed by atoms with Crippen LogP contribution in [0.5, 0.6) is 0 Å². The van der Waals surface area contributed by atoms with Crippen LogP contribution in [-0.4, -0.2) is 59.0 Å². The van der Waals surface area contributed by atoms with Crippen molar-refractivity contribution in [3.05, 3.63) is 23.4 Å². The Balaban J connectivity index is 1.33. The fraction of sp³-hybridized carbons (Fsp3) is 0.696. The maximum Gasteiger partial charge on any atom is 0.326 e. The molecule has 1 fully saturated rings. The number of carbonyl (C=O) groups is 2. The Morgan fingerprint density at radius 1 is 1.35 bits per heavy atom. The minimum absolute atomic E-state index is 0.155. The van der Waals surface area contributed by atoms with Gasteiger partial charge in [0.1, 0.15) is 11.9 Å². The van der Waals surface area contributed by atoms with Gasteiger partial charge in [-0.25, -0.2) is 9.78 Å². The summed E-state index contributed by atoms with van der Waals surface area (Å²) in [6.45, 7) is 4.08. The van der Waals surface area contributed by atoms with Crippen molar-refractivity contribution in [2.45, 2.75) is 70.9 Å². The number of aliphatic hydroxyl groups is 1. The average molecular weight is 434 g/mol. The van der Waals surface area contributed by atoms with Crippen LogP contribution in [0.2, 0.25) is 0 Å². The molecule has 4 N–H and O–H groups in total. The number of nitrogens with zero attached hydrogens (tertiary/aromatic N) is 1. The number of carboxylic acid groups (broad SMARTS) is 1. The van der Waals surface area contributed by atoms with E-state index in [1.165, 1.54) is 5.56 Å². The third kappa shape index (κ3) is 6.40. The fourth-order valence-corrected chi connectivity index (χ4v) is 3.94. The van der Waals surface area contributed by atoms with Gasteiger partial charge in [-0.2, -0.15) is 0 Å². The van der Waals surface area contributed by atoms with Gasteiger partial charge in [-0.1, -0.05) is 6.07 Å². The van der Waals surface area contributed by atoms with Gasteiger partial charge >= 0.3 is 5.97 Å². The first-order valence-corrected chi connectivity index (χ1v) is 11.3. The molecule has 2 aliphatic rings. The Kier molecular flexibility index (Phi) is 7.89. The van der Waals surface area contributed by atoms with Crippen molar-refractivity contribution in [1.82, 2.24) is 10.3 Å². The molecule has 1 aliphatic heterocycles. The number of anilines is 1. The second kappa shape index (κ2) is 10.4. The van der Waals surface area contributed by atoms with Crippen LogP contribution in [0.3, 0.4) is 0 Å². The van der Waals surface area contributed by atoms with Crippen molar-refractivity contribution >= 4 is 17.7 Å². The van der Waals surface area contributed by atoms with Crippen LogP contribution in [-0.2, 0) is 27.2 Å². The largest absolute Gasteiger partial charge is 0.480 e. The SMILES string of the molecule is CC(C)(CO)C(=O)N[C@@H](CCOC1CC(CCc2ccc3c(n2)NCCC3)C1)C(=O)O. The lowest BCUT2D eigenvalue weighted by Gasteiger charge is -2.35. The summed E-state index contributed by atoms with van der Waals surface area (Å²) in [5.74, 6) is 0.0819. The number of hydrogen-bond donors (Lipinski definition) is 4. The zero-order valence-corrected chi connectivity index (χ0v) is 18.5. The summed E-state index contributed by atoms with van der Waals surface area (Å²) in [7, 11) is 0. The number of nitrogens with one attached hydrogen (secondary N) is 2. The Morgan fingerprint density at radius 3 is 2.84 bits per heavy atom. The number of carbonyl (C=O) groups excluding carboxylic acids is 1. The molecule has 1 saturated carbocycles. The Bertz CT molecular complexity index is 776. The van der Waals surface area contributed by atoms with Gasteiger partial charge < -0.3 is 25.6 Å². The molecule has 31 heavy (non-hydrogen) atoms. The van der Waals surface area contributed by atoms with E-state index < -0.39 is 23.3 Å². The summed E-state index contributed by atoms with van der Waals surface area (Å²) >= 11 is 0. The first-order chi connectivity index (χ1) is 14.8. The maximum absolute atomic E-state index is 12.1. The van der Waals surface area contributed by atoms with E-state index in [-0.39, 0.29) is 25.7 Å². The molecule has 0 bridgehead atoms. The molecule has 1 amide bonds. The minimum atomic E-state index is -1.09. The lowest BCUT2D eigenvalue weighted by atomic mass is 9.79. The van der Waals surface area contributed by atoms with Gasteiger partial charge in [-0.05, 0) is 69.9 Å². The molecule has 2 heterocycles. The molecule has 172 valence electrons. The standard InChI is InChI=1S/C23H35N3O5/c1-23(2,14-27)22(30)26-19(21(28)29)9-11-31-18-12-15(13-18)5-7-17-8-6-16-4-3-10-24-20(16)25-17/h6,8,15,18-19,27H,3-5,7,9-14H2,1-2H3,(H,24,25)(H,26,30)(H,28,29)/t15?,18?,19-/m0/s1. The summed E-state index contributed by atoms with van der Waals surface area (Å²) in [6.07, 6.45) is 6.61. The quantitative estimate of drug-likeness (QED) is 0.422. The molecule has 1 atom stereocenters. The molecule has 0 unspecified atom stereocenters. The molecule has 8 nitrogen and oxygen atoms in total. The summed E-state index contributed by atoms with van der Waals surface area (Å²) in [4.78, 5) is 28.3. The van der Waals surface area contributed by atoms with Crippen molar-refractivity contribution in [3.8, 4) is 0 Å². The second-order valence-corrected chi connectivity index (χ2v) is 9.40. The molecule has 1 aromatic heterocycles. The van der Waals surface area contributed by atoms with Crippen LogP contribution >= 0.6 is 0 Å². The molecule has 0 radical (unpaired) electrons. The summed E-state index contributed by atoms with van der Waals surface area (Å²) < 4.78 is 5.82. The molecule has 3 rings (SSSR count). The number of aryl methyl sites for hydroxylation is 2. The summed E-state index contributed by atoms with van der Waals surface area (Å²) in [5, 5.41) is 24.5.